The highest BCUT2D eigenvalue weighted by molar-refractivity contribution is 5.85. The summed E-state index contributed by atoms with van der Waals surface area (Å²) < 4.78 is 0. The second-order valence-electron chi connectivity index (χ2n) is 4.62. The van der Waals surface area contributed by atoms with E-state index in [1.54, 1.807) is 20.4 Å². The van der Waals surface area contributed by atoms with Crippen LogP contribution >= 0.6 is 0 Å². The van der Waals surface area contributed by atoms with E-state index < -0.39 is 0 Å². The molecule has 2 rings (SSSR count). The van der Waals surface area contributed by atoms with Crippen LogP contribution in [-0.2, 0) is 4.79 Å². The van der Waals surface area contributed by atoms with E-state index in [2.05, 4.69) is 30.6 Å². The monoisotopic (exact) mass is 277 g/mol. The number of hydrogen-bond donors (Lipinski definition) is 3. The predicted octanol–water partition coefficient (Wildman–Crippen LogP) is 0.213. The van der Waals surface area contributed by atoms with Gasteiger partial charge in [-0.2, -0.15) is 9.97 Å². The predicted molar refractivity (Wildman–Crippen MR) is 77.7 cm³/mol. The fourth-order valence-corrected chi connectivity index (χ4v) is 2.03. The number of carbonyl (C=O) groups excluding carboxylic acids is 1. The van der Waals surface area contributed by atoms with E-state index in [9.17, 15) is 4.79 Å². The van der Waals surface area contributed by atoms with Gasteiger partial charge in [0.25, 0.3) is 0 Å². The highest BCUT2D eigenvalue weighted by Gasteiger charge is 2.18. The quantitative estimate of drug-likeness (QED) is 0.723. The standard InChI is InChI=1S/C12H19N7O/c1-7(11(20)13-2)5-19(4)10-8-9(16-6-15-8)17-12(14-3)18-10/h6-7H,5H2,1-4H3,(H,13,20)(H2,14,15,16,17,18). The molecule has 1 amide bonds. The second kappa shape index (κ2) is 5.72. The van der Waals surface area contributed by atoms with Gasteiger partial charge in [0.1, 0.15) is 5.52 Å². The Labute approximate surface area is 117 Å². The minimum absolute atomic E-state index is 0.000556. The molecule has 0 spiro atoms. The van der Waals surface area contributed by atoms with Crippen LogP contribution in [0.1, 0.15) is 6.92 Å². The maximum atomic E-state index is 11.6. The van der Waals surface area contributed by atoms with Crippen LogP contribution in [0, 0.1) is 5.92 Å². The molecule has 0 fully saturated rings. The summed E-state index contributed by atoms with van der Waals surface area (Å²) in [4.78, 5) is 29.4. The number of hydrogen-bond acceptors (Lipinski definition) is 6. The Morgan fingerprint density at radius 2 is 2.20 bits per heavy atom. The van der Waals surface area contributed by atoms with Crippen LogP contribution in [0.25, 0.3) is 11.2 Å². The Balaban J connectivity index is 2.31. The largest absolute Gasteiger partial charge is 0.359 e. The van der Waals surface area contributed by atoms with Crippen LogP contribution < -0.4 is 15.5 Å². The topological polar surface area (TPSA) is 98.8 Å². The Morgan fingerprint density at radius 3 is 2.85 bits per heavy atom. The number of nitrogens with one attached hydrogen (secondary N) is 3. The minimum atomic E-state index is -0.143. The van der Waals surface area contributed by atoms with Gasteiger partial charge in [0.15, 0.2) is 11.5 Å². The number of amides is 1. The van der Waals surface area contributed by atoms with Gasteiger partial charge in [0, 0.05) is 27.7 Å². The molecule has 0 aliphatic carbocycles. The zero-order valence-electron chi connectivity index (χ0n) is 12.1. The zero-order chi connectivity index (χ0) is 14.7. The molecule has 8 nitrogen and oxygen atoms in total. The third-order valence-corrected chi connectivity index (χ3v) is 3.09. The molecule has 1 unspecified atom stereocenters. The van der Waals surface area contributed by atoms with Gasteiger partial charge in [-0.15, -0.1) is 0 Å². The Hall–Kier alpha value is -2.38. The highest BCUT2D eigenvalue weighted by Crippen LogP contribution is 2.22. The second-order valence-corrected chi connectivity index (χ2v) is 4.62. The van der Waals surface area contributed by atoms with E-state index >= 15 is 0 Å². The lowest BCUT2D eigenvalue weighted by atomic mass is 10.1. The fourth-order valence-electron chi connectivity index (χ4n) is 2.03. The summed E-state index contributed by atoms with van der Waals surface area (Å²) in [5.41, 5.74) is 1.36. The molecule has 0 bridgehead atoms. The molecule has 0 radical (unpaired) electrons. The molecule has 0 aromatic carbocycles. The lowest BCUT2D eigenvalue weighted by molar-refractivity contribution is -0.123. The van der Waals surface area contributed by atoms with Crippen molar-refractivity contribution in [3.63, 3.8) is 0 Å². The van der Waals surface area contributed by atoms with Crippen molar-refractivity contribution in [2.75, 3.05) is 37.9 Å². The smallest absolute Gasteiger partial charge is 0.226 e. The Morgan fingerprint density at radius 1 is 1.45 bits per heavy atom. The maximum absolute atomic E-state index is 11.6. The van der Waals surface area contributed by atoms with Crippen molar-refractivity contribution in [3.05, 3.63) is 6.33 Å². The molecule has 8 heteroatoms. The highest BCUT2D eigenvalue weighted by atomic mass is 16.1. The molecule has 2 aromatic rings. The van der Waals surface area contributed by atoms with Crippen molar-refractivity contribution in [2.45, 2.75) is 6.92 Å². The van der Waals surface area contributed by atoms with Crippen molar-refractivity contribution in [2.24, 2.45) is 5.92 Å². The maximum Gasteiger partial charge on any atom is 0.226 e. The van der Waals surface area contributed by atoms with Crippen molar-refractivity contribution < 1.29 is 4.79 Å². The summed E-state index contributed by atoms with van der Waals surface area (Å²) in [6.07, 6.45) is 1.58. The Kier molecular flexibility index (Phi) is 4.02. The molecule has 108 valence electrons. The number of aromatic nitrogens is 4. The lowest BCUT2D eigenvalue weighted by Crippen LogP contribution is -2.34. The number of aromatic amines is 1. The first-order valence-corrected chi connectivity index (χ1v) is 6.38. The van der Waals surface area contributed by atoms with E-state index in [4.69, 9.17) is 0 Å². The molecule has 20 heavy (non-hydrogen) atoms. The third-order valence-electron chi connectivity index (χ3n) is 3.09. The first-order valence-electron chi connectivity index (χ1n) is 6.38. The molecular formula is C12H19N7O. The van der Waals surface area contributed by atoms with Gasteiger partial charge < -0.3 is 20.5 Å². The third kappa shape index (κ3) is 2.63. The molecular weight excluding hydrogens is 258 g/mol. The number of imidazole rings is 1. The molecule has 3 N–H and O–H groups in total. The van der Waals surface area contributed by atoms with Crippen LogP contribution in [0.15, 0.2) is 6.33 Å². The molecule has 2 aromatic heterocycles. The minimum Gasteiger partial charge on any atom is -0.359 e. The number of fused-ring (bicyclic) bond motifs is 1. The molecule has 0 aliphatic rings. The van der Waals surface area contributed by atoms with E-state index in [0.29, 0.717) is 24.0 Å². The van der Waals surface area contributed by atoms with Gasteiger partial charge in [-0.3, -0.25) is 4.79 Å². The van der Waals surface area contributed by atoms with Crippen LogP contribution in [0.4, 0.5) is 11.8 Å². The van der Waals surface area contributed by atoms with Crippen molar-refractivity contribution in [1.82, 2.24) is 25.3 Å². The van der Waals surface area contributed by atoms with Crippen LogP contribution in [-0.4, -0.2) is 53.5 Å². The van der Waals surface area contributed by atoms with Gasteiger partial charge >= 0.3 is 0 Å². The van der Waals surface area contributed by atoms with Crippen LogP contribution in [0.2, 0.25) is 0 Å². The number of rotatable bonds is 5. The van der Waals surface area contributed by atoms with E-state index in [1.165, 1.54) is 0 Å². The van der Waals surface area contributed by atoms with Gasteiger partial charge in [-0.25, -0.2) is 4.98 Å². The number of nitrogens with zero attached hydrogens (tertiary/aromatic N) is 4. The lowest BCUT2D eigenvalue weighted by Gasteiger charge is -2.22. The van der Waals surface area contributed by atoms with E-state index in [-0.39, 0.29) is 11.8 Å². The summed E-state index contributed by atoms with van der Waals surface area (Å²) in [6.45, 7) is 2.42. The van der Waals surface area contributed by atoms with Crippen molar-refractivity contribution >= 4 is 28.8 Å². The molecule has 2 heterocycles. The Bertz CT molecular complexity index is 609. The summed E-state index contributed by atoms with van der Waals surface area (Å²) in [6, 6.07) is 0. The summed E-state index contributed by atoms with van der Waals surface area (Å²) >= 11 is 0. The van der Waals surface area contributed by atoms with Gasteiger partial charge in [-0.1, -0.05) is 6.92 Å². The first-order chi connectivity index (χ1) is 9.56. The van der Waals surface area contributed by atoms with Crippen molar-refractivity contribution in [1.29, 1.82) is 0 Å². The van der Waals surface area contributed by atoms with Crippen LogP contribution in [0.3, 0.4) is 0 Å². The van der Waals surface area contributed by atoms with E-state index in [0.717, 1.165) is 5.52 Å². The van der Waals surface area contributed by atoms with Crippen LogP contribution in [0.5, 0.6) is 0 Å². The number of carbonyl (C=O) groups is 1. The molecule has 0 saturated heterocycles. The zero-order valence-corrected chi connectivity index (χ0v) is 12.1. The van der Waals surface area contributed by atoms with Gasteiger partial charge in [0.05, 0.1) is 12.2 Å². The summed E-state index contributed by atoms with van der Waals surface area (Å²) in [5, 5.41) is 5.55. The molecule has 1 atom stereocenters. The number of H-pyrrole nitrogens is 1. The van der Waals surface area contributed by atoms with E-state index in [1.807, 2.05) is 18.9 Å². The SMILES string of the molecule is CNC(=O)C(C)CN(C)c1nc(NC)nc2nc[nH]c12. The first kappa shape index (κ1) is 14.0. The van der Waals surface area contributed by atoms with Crippen molar-refractivity contribution in [3.8, 4) is 0 Å². The average molecular weight is 277 g/mol. The molecule has 0 saturated carbocycles. The number of anilines is 2. The average Bonchev–Trinajstić information content (AvgIpc) is 2.92. The van der Waals surface area contributed by atoms with Gasteiger partial charge in [0.2, 0.25) is 11.9 Å². The summed E-state index contributed by atoms with van der Waals surface area (Å²) in [5.74, 6) is 1.07. The summed E-state index contributed by atoms with van der Waals surface area (Å²) in [7, 11) is 5.28. The fraction of sp³-hybridized carbons (Fsp3) is 0.500. The molecule has 0 aliphatic heterocycles. The normalized spacial score (nSPS) is 12.2. The van der Waals surface area contributed by atoms with Gasteiger partial charge in [-0.05, 0) is 0 Å².